The number of nitrogens with one attached hydrogen (secondary N) is 1. The lowest BCUT2D eigenvalue weighted by Gasteiger charge is -2.06. The molecule has 4 heteroatoms. The van der Waals surface area contributed by atoms with Gasteiger partial charge in [0.2, 0.25) is 0 Å². The van der Waals surface area contributed by atoms with Crippen LogP contribution in [-0.2, 0) is 0 Å². The van der Waals surface area contributed by atoms with Crippen LogP contribution in [0.1, 0.15) is 21.5 Å². The van der Waals surface area contributed by atoms with E-state index in [9.17, 15) is 9.90 Å². The lowest BCUT2D eigenvalue weighted by molar-refractivity contribution is 0.0699. The third-order valence-corrected chi connectivity index (χ3v) is 4.07. The summed E-state index contributed by atoms with van der Waals surface area (Å²) < 4.78 is 0. The van der Waals surface area contributed by atoms with Crippen LogP contribution < -0.4 is 5.32 Å². The Hall–Kier alpha value is -1.81. The summed E-state index contributed by atoms with van der Waals surface area (Å²) in [6, 6.07) is 6.03. The van der Waals surface area contributed by atoms with Gasteiger partial charge in [0.1, 0.15) is 5.56 Å². The van der Waals surface area contributed by atoms with Crippen LogP contribution in [0.3, 0.4) is 0 Å². The van der Waals surface area contributed by atoms with Crippen molar-refractivity contribution >= 4 is 23.0 Å². The summed E-state index contributed by atoms with van der Waals surface area (Å²) in [6.07, 6.45) is 0. The first-order chi connectivity index (χ1) is 8.54. The Kier molecular flexibility index (Phi) is 3.39. The van der Waals surface area contributed by atoms with Crippen molar-refractivity contribution in [3.8, 4) is 10.4 Å². The Balaban J connectivity index is 2.60. The number of benzene rings is 1. The van der Waals surface area contributed by atoms with Gasteiger partial charge in [0.05, 0.1) is 10.6 Å². The largest absolute Gasteiger partial charge is 0.478 e. The Bertz CT molecular complexity index is 602. The van der Waals surface area contributed by atoms with Crippen molar-refractivity contribution in [3.63, 3.8) is 0 Å². The quantitative estimate of drug-likeness (QED) is 0.884. The van der Waals surface area contributed by atoms with Crippen LogP contribution in [0.4, 0.5) is 5.69 Å². The summed E-state index contributed by atoms with van der Waals surface area (Å²) in [5, 5.41) is 14.1. The monoisotopic (exact) mass is 261 g/mol. The summed E-state index contributed by atoms with van der Waals surface area (Å²) in [6.45, 7) is 4.08. The van der Waals surface area contributed by atoms with E-state index in [4.69, 9.17) is 0 Å². The molecule has 0 radical (unpaired) electrons. The van der Waals surface area contributed by atoms with Crippen LogP contribution in [0, 0.1) is 13.8 Å². The Morgan fingerprint density at radius 1 is 1.28 bits per heavy atom. The van der Waals surface area contributed by atoms with Gasteiger partial charge in [-0.1, -0.05) is 18.2 Å². The zero-order valence-corrected chi connectivity index (χ0v) is 11.4. The smallest absolute Gasteiger partial charge is 0.339 e. The highest BCUT2D eigenvalue weighted by Crippen LogP contribution is 2.36. The van der Waals surface area contributed by atoms with E-state index in [0.29, 0.717) is 11.3 Å². The van der Waals surface area contributed by atoms with Gasteiger partial charge in [0.15, 0.2) is 0 Å². The molecular formula is C14H15NO2S. The van der Waals surface area contributed by atoms with Gasteiger partial charge < -0.3 is 10.4 Å². The normalized spacial score (nSPS) is 10.4. The highest BCUT2D eigenvalue weighted by molar-refractivity contribution is 7.14. The number of aryl methyl sites for hydroxylation is 2. The molecule has 0 fully saturated rings. The van der Waals surface area contributed by atoms with Gasteiger partial charge in [-0.3, -0.25) is 0 Å². The molecule has 2 aromatic rings. The highest BCUT2D eigenvalue weighted by Gasteiger charge is 2.18. The molecule has 1 aromatic heterocycles. The third-order valence-electron chi connectivity index (χ3n) is 3.04. The van der Waals surface area contributed by atoms with E-state index in [2.05, 4.69) is 5.32 Å². The molecule has 0 saturated carbocycles. The van der Waals surface area contributed by atoms with Crippen molar-refractivity contribution in [1.82, 2.24) is 0 Å². The SMILES string of the molecule is CNc1csc(-c2ccc(C)c(C)c2)c1C(=O)O. The first-order valence-corrected chi connectivity index (χ1v) is 6.52. The molecule has 0 unspecified atom stereocenters. The molecule has 1 heterocycles. The molecule has 0 amide bonds. The minimum Gasteiger partial charge on any atom is -0.478 e. The highest BCUT2D eigenvalue weighted by atomic mass is 32.1. The maximum Gasteiger partial charge on any atom is 0.339 e. The molecule has 0 saturated heterocycles. The number of rotatable bonds is 3. The molecular weight excluding hydrogens is 246 g/mol. The molecule has 0 spiro atoms. The number of aromatic carboxylic acids is 1. The van der Waals surface area contributed by atoms with Crippen molar-refractivity contribution in [1.29, 1.82) is 0 Å². The van der Waals surface area contributed by atoms with Crippen molar-refractivity contribution in [3.05, 3.63) is 40.3 Å². The average Bonchev–Trinajstić information content (AvgIpc) is 2.76. The summed E-state index contributed by atoms with van der Waals surface area (Å²) in [4.78, 5) is 12.2. The second kappa shape index (κ2) is 4.82. The van der Waals surface area contributed by atoms with Gasteiger partial charge in [0, 0.05) is 12.4 Å². The van der Waals surface area contributed by atoms with Gasteiger partial charge in [-0.15, -0.1) is 11.3 Å². The molecule has 2 N–H and O–H groups in total. The van der Waals surface area contributed by atoms with Crippen LogP contribution in [0.5, 0.6) is 0 Å². The lowest BCUT2D eigenvalue weighted by Crippen LogP contribution is -2.01. The molecule has 0 aliphatic heterocycles. The maximum absolute atomic E-state index is 11.4. The van der Waals surface area contributed by atoms with E-state index in [1.807, 2.05) is 37.4 Å². The second-order valence-electron chi connectivity index (χ2n) is 4.21. The molecule has 0 bridgehead atoms. The van der Waals surface area contributed by atoms with Gasteiger partial charge in [0.25, 0.3) is 0 Å². The van der Waals surface area contributed by atoms with Gasteiger partial charge in [-0.25, -0.2) is 4.79 Å². The van der Waals surface area contributed by atoms with E-state index >= 15 is 0 Å². The molecule has 1 aromatic carbocycles. The molecule has 3 nitrogen and oxygen atoms in total. The number of hydrogen-bond donors (Lipinski definition) is 2. The number of carboxylic acids is 1. The molecule has 0 atom stereocenters. The van der Waals surface area contributed by atoms with E-state index in [1.165, 1.54) is 22.5 Å². The van der Waals surface area contributed by atoms with Crippen molar-refractivity contribution in [2.24, 2.45) is 0 Å². The van der Waals surface area contributed by atoms with Crippen molar-refractivity contribution in [2.45, 2.75) is 13.8 Å². The van der Waals surface area contributed by atoms with E-state index in [1.54, 1.807) is 7.05 Å². The Labute approximate surface area is 110 Å². The zero-order chi connectivity index (χ0) is 13.3. The summed E-state index contributed by atoms with van der Waals surface area (Å²) in [5.74, 6) is -0.895. The maximum atomic E-state index is 11.4. The lowest BCUT2D eigenvalue weighted by atomic mass is 10.0. The van der Waals surface area contributed by atoms with Crippen LogP contribution in [0.2, 0.25) is 0 Å². The summed E-state index contributed by atoms with van der Waals surface area (Å²) in [7, 11) is 1.73. The average molecular weight is 261 g/mol. The number of hydrogen-bond acceptors (Lipinski definition) is 3. The fourth-order valence-corrected chi connectivity index (χ4v) is 2.90. The Morgan fingerprint density at radius 2 is 2.00 bits per heavy atom. The predicted octanol–water partition coefficient (Wildman–Crippen LogP) is 3.77. The fraction of sp³-hybridized carbons (Fsp3) is 0.214. The number of carboxylic acid groups (broad SMARTS) is 1. The third kappa shape index (κ3) is 2.11. The number of anilines is 1. The van der Waals surface area contributed by atoms with Gasteiger partial charge in [-0.05, 0) is 30.5 Å². The van der Waals surface area contributed by atoms with Crippen LogP contribution in [0.15, 0.2) is 23.6 Å². The van der Waals surface area contributed by atoms with Crippen LogP contribution in [-0.4, -0.2) is 18.1 Å². The van der Waals surface area contributed by atoms with Crippen LogP contribution in [0.25, 0.3) is 10.4 Å². The predicted molar refractivity (Wildman–Crippen MR) is 75.7 cm³/mol. The van der Waals surface area contributed by atoms with Gasteiger partial charge >= 0.3 is 5.97 Å². The second-order valence-corrected chi connectivity index (χ2v) is 5.09. The summed E-state index contributed by atoms with van der Waals surface area (Å²) >= 11 is 1.45. The molecule has 18 heavy (non-hydrogen) atoms. The molecule has 0 aliphatic rings. The van der Waals surface area contributed by atoms with Crippen molar-refractivity contribution < 1.29 is 9.90 Å². The first kappa shape index (κ1) is 12.6. The van der Waals surface area contributed by atoms with E-state index < -0.39 is 5.97 Å². The fourth-order valence-electron chi connectivity index (χ4n) is 1.85. The Morgan fingerprint density at radius 3 is 2.56 bits per heavy atom. The number of carbonyl (C=O) groups is 1. The molecule has 94 valence electrons. The van der Waals surface area contributed by atoms with Crippen LogP contribution >= 0.6 is 11.3 Å². The molecule has 2 rings (SSSR count). The van der Waals surface area contributed by atoms with Crippen molar-refractivity contribution in [2.75, 3.05) is 12.4 Å². The minimum atomic E-state index is -0.895. The topological polar surface area (TPSA) is 49.3 Å². The minimum absolute atomic E-state index is 0.353. The number of thiophene rings is 1. The standard InChI is InChI=1S/C14H15NO2S/c1-8-4-5-10(6-9(8)2)13-12(14(16)17)11(15-3)7-18-13/h4-7,15H,1-3H3,(H,16,17). The molecule has 0 aliphatic carbocycles. The first-order valence-electron chi connectivity index (χ1n) is 5.64. The van der Waals surface area contributed by atoms with E-state index in [0.717, 1.165) is 10.4 Å². The van der Waals surface area contributed by atoms with Gasteiger partial charge in [-0.2, -0.15) is 0 Å². The summed E-state index contributed by atoms with van der Waals surface area (Å²) in [5.41, 5.74) is 4.36. The van der Waals surface area contributed by atoms with E-state index in [-0.39, 0.29) is 0 Å². The zero-order valence-electron chi connectivity index (χ0n) is 10.6.